The minimum Gasteiger partial charge on any atom is -0.496 e. The minimum absolute atomic E-state index is 0.00348. The molecule has 206 valence electrons. The zero-order valence-corrected chi connectivity index (χ0v) is 21.9. The Labute approximate surface area is 227 Å². The van der Waals surface area contributed by atoms with Crippen molar-refractivity contribution < 1.29 is 33.7 Å². The van der Waals surface area contributed by atoms with Gasteiger partial charge in [0, 0.05) is 23.9 Å². The molecular weight excluding hydrogens is 524 g/mol. The van der Waals surface area contributed by atoms with E-state index >= 15 is 0 Å². The van der Waals surface area contributed by atoms with Gasteiger partial charge in [0.15, 0.2) is 0 Å². The van der Waals surface area contributed by atoms with Crippen LogP contribution in [0.25, 0.3) is 22.0 Å². The van der Waals surface area contributed by atoms with Crippen LogP contribution in [0, 0.1) is 27.2 Å². The largest absolute Gasteiger partial charge is 0.496 e. The highest BCUT2D eigenvalue weighted by Crippen LogP contribution is 2.42. The zero-order valence-electron chi connectivity index (χ0n) is 21.9. The maximum atomic E-state index is 13.2. The van der Waals surface area contributed by atoms with E-state index in [1.807, 2.05) is 31.2 Å². The maximum absolute atomic E-state index is 13.2. The van der Waals surface area contributed by atoms with Crippen LogP contribution in [0.5, 0.6) is 17.2 Å². The summed E-state index contributed by atoms with van der Waals surface area (Å²) in [5, 5.41) is 27.2. The van der Waals surface area contributed by atoms with Gasteiger partial charge in [0.1, 0.15) is 11.5 Å². The third-order valence-corrected chi connectivity index (χ3v) is 5.98. The van der Waals surface area contributed by atoms with Crippen LogP contribution < -0.4 is 14.3 Å². The lowest BCUT2D eigenvalue weighted by atomic mass is 9.98. The molecule has 0 unspecified atom stereocenters. The number of non-ortho nitro benzene ring substituents is 1. The van der Waals surface area contributed by atoms with Gasteiger partial charge in [-0.15, -0.1) is 0 Å². The Bertz CT molecular complexity index is 1640. The number of hydrogen-bond donors (Lipinski definition) is 1. The molecule has 1 heterocycles. The van der Waals surface area contributed by atoms with E-state index in [0.717, 1.165) is 34.9 Å². The second-order valence-electron chi connectivity index (χ2n) is 8.39. The van der Waals surface area contributed by atoms with Crippen molar-refractivity contribution in [2.45, 2.75) is 13.8 Å². The summed E-state index contributed by atoms with van der Waals surface area (Å²) < 4.78 is 16.4. The van der Waals surface area contributed by atoms with Gasteiger partial charge in [-0.05, 0) is 25.5 Å². The molecule has 1 aromatic heterocycles. The fourth-order valence-corrected chi connectivity index (χ4v) is 4.10. The highest BCUT2D eigenvalue weighted by molar-refractivity contribution is 6.46. The summed E-state index contributed by atoms with van der Waals surface area (Å²) in [6.07, 6.45) is 1.74. The van der Waals surface area contributed by atoms with Crippen molar-refractivity contribution in [2.24, 2.45) is 5.16 Å². The summed E-state index contributed by atoms with van der Waals surface area (Å²) in [6, 6.07) is 12.2. The van der Waals surface area contributed by atoms with Gasteiger partial charge >= 0.3 is 11.7 Å². The molecule has 0 saturated carbocycles. The molecule has 4 rings (SSSR count). The number of fused-ring (bicyclic) bond motifs is 1. The fourth-order valence-electron chi connectivity index (χ4n) is 4.10. The van der Waals surface area contributed by atoms with E-state index in [9.17, 15) is 25.0 Å². The number of nitrogens with zero attached hydrogens (tertiary/aromatic N) is 3. The van der Waals surface area contributed by atoms with Crippen LogP contribution >= 0.6 is 0 Å². The standard InChI is InChI=1S/C27H24N4O9/c1-5-39-27(32)26(29-40-20-11-10-17(30(33)34)12-19(20)31(35)36)24-22(38-4)13-21(37-3)23-18(14-28-25(23)24)16-8-6-15(2)7-9-16/h6-14,28H,5H2,1-4H3/b29-26-. The van der Waals surface area contributed by atoms with E-state index in [2.05, 4.69) is 10.1 Å². The Hall–Kier alpha value is -5.46. The lowest BCUT2D eigenvalue weighted by Crippen LogP contribution is -2.21. The Morgan fingerprint density at radius 1 is 0.950 bits per heavy atom. The van der Waals surface area contributed by atoms with Crippen LogP contribution in [-0.4, -0.2) is 47.3 Å². The number of aryl methyl sites for hydroxylation is 1. The average molecular weight is 549 g/mol. The molecule has 0 fully saturated rings. The van der Waals surface area contributed by atoms with Gasteiger partial charge in [0.05, 0.1) is 53.2 Å². The Balaban J connectivity index is 1.95. The number of hydrogen-bond acceptors (Lipinski definition) is 10. The van der Waals surface area contributed by atoms with Gasteiger partial charge in [0.25, 0.3) is 5.69 Å². The molecule has 40 heavy (non-hydrogen) atoms. The van der Waals surface area contributed by atoms with Crippen LogP contribution in [-0.2, 0) is 9.53 Å². The summed E-state index contributed by atoms with van der Waals surface area (Å²) in [4.78, 5) is 42.7. The normalized spacial score (nSPS) is 11.2. The third kappa shape index (κ3) is 5.25. The van der Waals surface area contributed by atoms with Gasteiger partial charge < -0.3 is 24.0 Å². The summed E-state index contributed by atoms with van der Waals surface area (Å²) in [5.74, 6) is -0.700. The lowest BCUT2D eigenvalue weighted by Gasteiger charge is -2.15. The zero-order chi connectivity index (χ0) is 29.0. The molecule has 0 aliphatic carbocycles. The molecule has 1 N–H and O–H groups in total. The quantitative estimate of drug-likeness (QED) is 0.119. The average Bonchev–Trinajstić information content (AvgIpc) is 3.38. The van der Waals surface area contributed by atoms with Crippen molar-refractivity contribution in [1.29, 1.82) is 0 Å². The number of nitro groups is 2. The van der Waals surface area contributed by atoms with Crippen molar-refractivity contribution in [2.75, 3.05) is 20.8 Å². The smallest absolute Gasteiger partial charge is 0.361 e. The molecular formula is C27H24N4O9. The number of carbonyl (C=O) groups is 1. The molecule has 13 nitrogen and oxygen atoms in total. The number of aromatic nitrogens is 1. The topological polar surface area (TPSA) is 168 Å². The molecule has 0 aliphatic rings. The van der Waals surface area contributed by atoms with E-state index in [0.29, 0.717) is 16.7 Å². The number of oxime groups is 1. The number of rotatable bonds is 10. The molecule has 0 bridgehead atoms. The van der Waals surface area contributed by atoms with Gasteiger partial charge in [-0.1, -0.05) is 35.0 Å². The molecule has 0 radical (unpaired) electrons. The molecule has 13 heteroatoms. The van der Waals surface area contributed by atoms with E-state index in [-0.39, 0.29) is 23.6 Å². The summed E-state index contributed by atoms with van der Waals surface area (Å²) in [6.45, 7) is 3.57. The van der Waals surface area contributed by atoms with Crippen LogP contribution in [0.4, 0.5) is 11.4 Å². The van der Waals surface area contributed by atoms with Gasteiger partial charge in [-0.25, -0.2) is 4.79 Å². The number of ether oxygens (including phenoxy) is 3. The van der Waals surface area contributed by atoms with Crippen molar-refractivity contribution in [1.82, 2.24) is 4.98 Å². The number of nitro benzene ring substituents is 2. The number of benzene rings is 3. The van der Waals surface area contributed by atoms with Crippen LogP contribution in [0.2, 0.25) is 0 Å². The first kappa shape index (κ1) is 27.6. The lowest BCUT2D eigenvalue weighted by molar-refractivity contribution is -0.394. The molecule has 0 saturated heterocycles. The van der Waals surface area contributed by atoms with Gasteiger partial charge in [-0.3, -0.25) is 20.2 Å². The number of esters is 1. The highest BCUT2D eigenvalue weighted by atomic mass is 16.7. The Morgan fingerprint density at radius 3 is 2.25 bits per heavy atom. The SMILES string of the molecule is CCOC(=O)/C(=N\Oc1ccc([N+](=O)[O-])cc1[N+](=O)[O-])c1c(OC)cc(OC)c2c(-c3ccc(C)cc3)c[nH]c12. The van der Waals surface area contributed by atoms with E-state index in [1.165, 1.54) is 14.2 Å². The molecule has 3 aromatic carbocycles. The van der Waals surface area contributed by atoms with Crippen LogP contribution in [0.3, 0.4) is 0 Å². The molecule has 0 atom stereocenters. The number of methoxy groups -OCH3 is 2. The number of H-pyrrole nitrogens is 1. The molecule has 0 aliphatic heterocycles. The first-order valence-electron chi connectivity index (χ1n) is 11.9. The van der Waals surface area contributed by atoms with E-state index in [1.54, 1.807) is 19.2 Å². The number of carbonyl (C=O) groups excluding carboxylic acids is 1. The second kappa shape index (κ2) is 11.5. The van der Waals surface area contributed by atoms with Gasteiger partial charge in [0.2, 0.25) is 11.5 Å². The molecule has 4 aromatic rings. The monoisotopic (exact) mass is 548 g/mol. The van der Waals surface area contributed by atoms with E-state index < -0.39 is 32.9 Å². The van der Waals surface area contributed by atoms with E-state index in [4.69, 9.17) is 19.0 Å². The summed E-state index contributed by atoms with van der Waals surface area (Å²) in [7, 11) is 2.88. The first-order valence-corrected chi connectivity index (χ1v) is 11.9. The van der Waals surface area contributed by atoms with Crippen LogP contribution in [0.15, 0.2) is 59.9 Å². The van der Waals surface area contributed by atoms with Crippen molar-refractivity contribution in [3.05, 3.63) is 86.1 Å². The molecule has 0 amide bonds. The second-order valence-corrected chi connectivity index (χ2v) is 8.39. The summed E-state index contributed by atoms with van der Waals surface area (Å²) >= 11 is 0. The van der Waals surface area contributed by atoms with Gasteiger partial charge in [-0.2, -0.15) is 0 Å². The van der Waals surface area contributed by atoms with Crippen molar-refractivity contribution >= 4 is 34.0 Å². The Kier molecular flexibility index (Phi) is 7.94. The molecule has 0 spiro atoms. The fraction of sp³-hybridized carbons (Fsp3) is 0.185. The number of aromatic amines is 1. The maximum Gasteiger partial charge on any atom is 0.361 e. The predicted octanol–water partition coefficient (Wildman–Crippen LogP) is 5.32. The van der Waals surface area contributed by atoms with Crippen LogP contribution in [0.1, 0.15) is 18.1 Å². The first-order chi connectivity index (χ1) is 19.2. The number of nitrogens with one attached hydrogen (secondary N) is 1. The minimum atomic E-state index is -0.900. The van der Waals surface area contributed by atoms with Crippen molar-refractivity contribution in [3.63, 3.8) is 0 Å². The van der Waals surface area contributed by atoms with Crippen molar-refractivity contribution in [3.8, 4) is 28.4 Å². The Morgan fingerprint density at radius 2 is 1.65 bits per heavy atom. The predicted molar refractivity (Wildman–Crippen MR) is 145 cm³/mol. The third-order valence-electron chi connectivity index (χ3n) is 5.98. The highest BCUT2D eigenvalue weighted by Gasteiger charge is 2.29. The summed E-state index contributed by atoms with van der Waals surface area (Å²) in [5.41, 5.74) is 1.68.